The Morgan fingerprint density at radius 1 is 1.18 bits per heavy atom. The van der Waals surface area contributed by atoms with Crippen molar-refractivity contribution in [3.05, 3.63) is 58.0 Å². The van der Waals surface area contributed by atoms with Gasteiger partial charge in [0, 0.05) is 38.3 Å². The fraction of sp³-hybridized carbons (Fsp3) is 0.500. The van der Waals surface area contributed by atoms with Crippen LogP contribution in [0.4, 0.5) is 23.4 Å². The van der Waals surface area contributed by atoms with Gasteiger partial charge in [0.15, 0.2) is 0 Å². The minimum Gasteiger partial charge on any atom is -0.492 e. The van der Waals surface area contributed by atoms with Crippen LogP contribution in [-0.4, -0.2) is 43.0 Å². The molecule has 0 saturated carbocycles. The van der Waals surface area contributed by atoms with Crippen LogP contribution in [0.2, 0.25) is 0 Å². The lowest BCUT2D eigenvalue weighted by Gasteiger charge is -2.28. The number of halogens is 4. The van der Waals surface area contributed by atoms with Crippen LogP contribution in [0.1, 0.15) is 42.1 Å². The molecule has 1 aromatic carbocycles. The number of anilines is 1. The van der Waals surface area contributed by atoms with Gasteiger partial charge in [-0.15, -0.1) is 0 Å². The van der Waals surface area contributed by atoms with Gasteiger partial charge in [-0.3, -0.25) is 0 Å². The van der Waals surface area contributed by atoms with E-state index in [1.54, 1.807) is 27.2 Å². The molecule has 0 spiro atoms. The second kappa shape index (κ2) is 10.7. The van der Waals surface area contributed by atoms with Crippen LogP contribution < -0.4 is 5.32 Å². The van der Waals surface area contributed by atoms with Gasteiger partial charge in [0.05, 0.1) is 17.4 Å². The molecule has 2 atom stereocenters. The largest absolute Gasteiger partial charge is 0.492 e. The highest BCUT2D eigenvalue weighted by atomic mass is 19.4. The van der Waals surface area contributed by atoms with Crippen LogP contribution >= 0.6 is 0 Å². The van der Waals surface area contributed by atoms with E-state index in [-0.39, 0.29) is 30.2 Å². The first kappa shape index (κ1) is 25.9. The van der Waals surface area contributed by atoms with Gasteiger partial charge in [0.25, 0.3) is 0 Å². The molecule has 0 radical (unpaired) electrons. The van der Waals surface area contributed by atoms with Gasteiger partial charge in [-0.2, -0.15) is 13.2 Å². The molecule has 10 heteroatoms. The Balaban J connectivity index is 1.89. The second-order valence-corrected chi connectivity index (χ2v) is 8.41. The van der Waals surface area contributed by atoms with Crippen molar-refractivity contribution in [2.75, 3.05) is 26.1 Å². The number of hydrogen-bond acceptors (Lipinski definition) is 6. The normalized spacial score (nSPS) is 16.8. The number of hydrogen-bond donors (Lipinski definition) is 1. The number of fused-ring (bicyclic) bond motifs is 1. The molecule has 3 rings (SSSR count). The summed E-state index contributed by atoms with van der Waals surface area (Å²) in [5, 5.41) is 2.97. The van der Waals surface area contributed by atoms with Gasteiger partial charge in [0.2, 0.25) is 0 Å². The number of rotatable bonds is 9. The van der Waals surface area contributed by atoms with E-state index in [9.17, 15) is 17.6 Å². The Morgan fingerprint density at radius 3 is 2.53 bits per heavy atom. The van der Waals surface area contributed by atoms with Crippen LogP contribution in [0.5, 0.6) is 0 Å². The number of aromatic nitrogens is 2. The monoisotopic (exact) mass is 483 g/mol. The van der Waals surface area contributed by atoms with Crippen LogP contribution in [0.15, 0.2) is 24.0 Å². The number of aryl methyl sites for hydroxylation is 1. The maximum Gasteiger partial charge on any atom is 0.419 e. The summed E-state index contributed by atoms with van der Waals surface area (Å²) in [4.78, 5) is 8.88. The summed E-state index contributed by atoms with van der Waals surface area (Å²) in [5.74, 6) is 0.353. The summed E-state index contributed by atoms with van der Waals surface area (Å²) in [6, 6.07) is 3.21. The van der Waals surface area contributed by atoms with Crippen molar-refractivity contribution in [2.45, 2.75) is 52.1 Å². The molecular formula is C24H29F4N3O3. The van der Waals surface area contributed by atoms with Gasteiger partial charge >= 0.3 is 6.18 Å². The summed E-state index contributed by atoms with van der Waals surface area (Å²) in [7, 11) is 3.20. The molecule has 34 heavy (non-hydrogen) atoms. The standard InChI is InChI=1S/C24H29F4N3O3/c1-13(2)21(33-5)12-34-20-9-16-18(10-19(20)32-4)30-14(3)31-23(16)29-11-15-7-6-8-17(22(15)25)24(26,27)28/h6-9,13,19,21H,10-12H2,1-5H3,(H,29,30,31). The molecule has 0 fully saturated rings. The third-order valence-corrected chi connectivity index (χ3v) is 5.69. The number of benzene rings is 1. The smallest absolute Gasteiger partial charge is 0.419 e. The van der Waals surface area contributed by atoms with Gasteiger partial charge in [-0.1, -0.05) is 26.0 Å². The zero-order valence-corrected chi connectivity index (χ0v) is 19.8. The number of nitrogens with one attached hydrogen (secondary N) is 1. The van der Waals surface area contributed by atoms with E-state index in [0.29, 0.717) is 41.7 Å². The molecule has 2 aromatic rings. The van der Waals surface area contributed by atoms with Crippen molar-refractivity contribution in [3.8, 4) is 0 Å². The van der Waals surface area contributed by atoms with Crippen LogP contribution in [0.25, 0.3) is 6.08 Å². The molecule has 0 saturated heterocycles. The fourth-order valence-corrected chi connectivity index (χ4v) is 3.75. The average molecular weight is 484 g/mol. The molecule has 0 aliphatic heterocycles. The first-order valence-corrected chi connectivity index (χ1v) is 10.9. The molecule has 1 N–H and O–H groups in total. The van der Waals surface area contributed by atoms with Gasteiger partial charge in [-0.05, 0) is 25.0 Å². The summed E-state index contributed by atoms with van der Waals surface area (Å²) in [6.45, 7) is 5.90. The number of ether oxygens (including phenoxy) is 3. The minimum absolute atomic E-state index is 0.115. The maximum atomic E-state index is 14.5. The Morgan fingerprint density at radius 2 is 1.91 bits per heavy atom. The predicted octanol–water partition coefficient (Wildman–Crippen LogP) is 5.15. The van der Waals surface area contributed by atoms with Crippen LogP contribution in [0, 0.1) is 18.7 Å². The predicted molar refractivity (Wildman–Crippen MR) is 120 cm³/mol. The van der Waals surface area contributed by atoms with E-state index < -0.39 is 17.6 Å². The lowest BCUT2D eigenvalue weighted by molar-refractivity contribution is -0.140. The maximum absolute atomic E-state index is 14.5. The molecule has 1 aromatic heterocycles. The van der Waals surface area contributed by atoms with E-state index >= 15 is 0 Å². The first-order valence-electron chi connectivity index (χ1n) is 10.9. The topological polar surface area (TPSA) is 65.5 Å². The van der Waals surface area contributed by atoms with Crippen molar-refractivity contribution in [1.82, 2.24) is 9.97 Å². The zero-order chi connectivity index (χ0) is 25.0. The Labute approximate surface area is 196 Å². The average Bonchev–Trinajstić information content (AvgIpc) is 2.77. The number of methoxy groups -OCH3 is 2. The Bertz CT molecular complexity index is 1040. The number of alkyl halides is 3. The SMILES string of the molecule is COC1Cc2nc(C)nc(NCc3cccc(C(F)(F)F)c3F)c2C=C1OCC(OC)C(C)C. The van der Waals surface area contributed by atoms with Crippen LogP contribution in [-0.2, 0) is 33.4 Å². The fourth-order valence-electron chi connectivity index (χ4n) is 3.75. The highest BCUT2D eigenvalue weighted by molar-refractivity contribution is 5.68. The molecular weight excluding hydrogens is 454 g/mol. The zero-order valence-electron chi connectivity index (χ0n) is 19.8. The van der Waals surface area contributed by atoms with Gasteiger partial charge in [0.1, 0.15) is 35.9 Å². The van der Waals surface area contributed by atoms with E-state index in [1.165, 1.54) is 12.1 Å². The van der Waals surface area contributed by atoms with Crippen molar-refractivity contribution in [3.63, 3.8) is 0 Å². The summed E-state index contributed by atoms with van der Waals surface area (Å²) in [5.41, 5.74) is -0.0968. The molecule has 186 valence electrons. The lowest BCUT2D eigenvalue weighted by Crippen LogP contribution is -2.29. The van der Waals surface area contributed by atoms with E-state index in [4.69, 9.17) is 14.2 Å². The molecule has 1 aliphatic carbocycles. The van der Waals surface area contributed by atoms with Gasteiger partial charge in [-0.25, -0.2) is 14.4 Å². The van der Waals surface area contributed by atoms with E-state index in [1.807, 2.05) is 13.8 Å². The molecule has 6 nitrogen and oxygen atoms in total. The molecule has 0 amide bonds. The van der Waals surface area contributed by atoms with Crippen LogP contribution in [0.3, 0.4) is 0 Å². The van der Waals surface area contributed by atoms with E-state index in [2.05, 4.69) is 15.3 Å². The summed E-state index contributed by atoms with van der Waals surface area (Å²) >= 11 is 0. The minimum atomic E-state index is -4.77. The summed E-state index contributed by atoms with van der Waals surface area (Å²) < 4.78 is 70.7. The highest BCUT2D eigenvalue weighted by Gasteiger charge is 2.35. The summed E-state index contributed by atoms with van der Waals surface area (Å²) in [6.07, 6.45) is -3.07. The second-order valence-electron chi connectivity index (χ2n) is 8.41. The quantitative estimate of drug-likeness (QED) is 0.498. The van der Waals surface area contributed by atoms with Crippen molar-refractivity contribution in [1.29, 1.82) is 0 Å². The van der Waals surface area contributed by atoms with Crippen molar-refractivity contribution < 1.29 is 31.8 Å². The molecule has 2 unspecified atom stereocenters. The van der Waals surface area contributed by atoms with E-state index in [0.717, 1.165) is 6.07 Å². The third-order valence-electron chi connectivity index (χ3n) is 5.69. The lowest BCUT2D eigenvalue weighted by atomic mass is 9.98. The van der Waals surface area contributed by atoms with Gasteiger partial charge < -0.3 is 19.5 Å². The third kappa shape index (κ3) is 5.85. The Hall–Kier alpha value is -2.72. The number of nitrogens with zero attached hydrogens (tertiary/aromatic N) is 2. The molecule has 1 heterocycles. The molecule has 1 aliphatic rings. The first-order chi connectivity index (χ1) is 16.0. The highest BCUT2D eigenvalue weighted by Crippen LogP contribution is 2.33. The van der Waals surface area contributed by atoms with Crippen molar-refractivity contribution >= 4 is 11.9 Å². The van der Waals surface area contributed by atoms with Crippen molar-refractivity contribution in [2.24, 2.45) is 5.92 Å². The molecule has 0 bridgehead atoms. The Kier molecular flexibility index (Phi) is 8.14.